The molecule has 0 aliphatic carbocycles. The Bertz CT molecular complexity index is 614. The Balaban J connectivity index is 1.95. The predicted octanol–water partition coefficient (Wildman–Crippen LogP) is 2.87. The molecule has 2 aromatic rings. The Morgan fingerprint density at radius 1 is 1.21 bits per heavy atom. The van der Waals surface area contributed by atoms with E-state index in [1.54, 1.807) is 13.3 Å². The van der Waals surface area contributed by atoms with E-state index in [0.717, 1.165) is 25.3 Å². The second-order valence-electron chi connectivity index (χ2n) is 5.51. The van der Waals surface area contributed by atoms with Crippen LogP contribution in [0.4, 0.5) is 5.82 Å². The zero-order valence-corrected chi connectivity index (χ0v) is 14.4. The summed E-state index contributed by atoms with van der Waals surface area (Å²) in [4.78, 5) is 18.7. The van der Waals surface area contributed by atoms with Crippen LogP contribution in [0.5, 0.6) is 0 Å². The molecule has 0 bridgehead atoms. The Morgan fingerprint density at radius 2 is 2.00 bits per heavy atom. The van der Waals surface area contributed by atoms with Crippen LogP contribution in [0.1, 0.15) is 29.3 Å². The smallest absolute Gasteiger partial charge is 0.252 e. The topological polar surface area (TPSA) is 54.5 Å². The number of rotatable bonds is 9. The van der Waals surface area contributed by atoms with Crippen molar-refractivity contribution in [2.45, 2.75) is 19.9 Å². The summed E-state index contributed by atoms with van der Waals surface area (Å²) in [6, 6.07) is 14.0. The van der Waals surface area contributed by atoms with Crippen LogP contribution in [0.25, 0.3) is 0 Å². The standard InChI is InChI=1S/C19H25N3O2/c1-3-22(15-16-8-5-4-6-9-16)18-11-10-17(14-21-18)19(23)20-12-7-13-24-2/h4-6,8-11,14H,3,7,12-13,15H2,1-2H3,(H,20,23). The van der Waals surface area contributed by atoms with Crippen LogP contribution in [0.2, 0.25) is 0 Å². The van der Waals surface area contributed by atoms with E-state index >= 15 is 0 Å². The highest BCUT2D eigenvalue weighted by molar-refractivity contribution is 5.94. The second-order valence-corrected chi connectivity index (χ2v) is 5.51. The van der Waals surface area contributed by atoms with Crippen molar-refractivity contribution in [3.63, 3.8) is 0 Å². The number of aromatic nitrogens is 1. The monoisotopic (exact) mass is 327 g/mol. The molecule has 0 radical (unpaired) electrons. The molecule has 128 valence electrons. The van der Waals surface area contributed by atoms with Crippen molar-refractivity contribution in [3.8, 4) is 0 Å². The molecule has 1 amide bonds. The van der Waals surface area contributed by atoms with Crippen LogP contribution in [0.3, 0.4) is 0 Å². The summed E-state index contributed by atoms with van der Waals surface area (Å²) in [5.74, 6) is 0.772. The number of ether oxygens (including phenoxy) is 1. The lowest BCUT2D eigenvalue weighted by Gasteiger charge is -2.22. The number of nitrogens with zero attached hydrogens (tertiary/aromatic N) is 2. The first kappa shape index (κ1) is 17.9. The van der Waals surface area contributed by atoms with E-state index in [9.17, 15) is 4.79 Å². The molecule has 5 nitrogen and oxygen atoms in total. The van der Waals surface area contributed by atoms with E-state index in [2.05, 4.69) is 34.3 Å². The van der Waals surface area contributed by atoms with Gasteiger partial charge in [0, 0.05) is 39.5 Å². The van der Waals surface area contributed by atoms with Gasteiger partial charge in [-0.15, -0.1) is 0 Å². The molecular formula is C19H25N3O2. The number of nitrogens with one attached hydrogen (secondary N) is 1. The first-order valence-electron chi connectivity index (χ1n) is 8.26. The number of amides is 1. The molecule has 0 spiro atoms. The molecule has 5 heteroatoms. The van der Waals surface area contributed by atoms with E-state index in [0.29, 0.717) is 18.7 Å². The second kappa shape index (κ2) is 9.67. The van der Waals surface area contributed by atoms with Crippen LogP contribution in [0.15, 0.2) is 48.7 Å². The molecule has 0 unspecified atom stereocenters. The van der Waals surface area contributed by atoms with Crippen LogP contribution >= 0.6 is 0 Å². The van der Waals surface area contributed by atoms with Crippen molar-refractivity contribution in [2.24, 2.45) is 0 Å². The number of benzene rings is 1. The number of carbonyl (C=O) groups is 1. The highest BCUT2D eigenvalue weighted by Gasteiger charge is 2.09. The van der Waals surface area contributed by atoms with Gasteiger partial charge in [0.2, 0.25) is 0 Å². The third-order valence-corrected chi connectivity index (χ3v) is 3.74. The zero-order chi connectivity index (χ0) is 17.2. The molecule has 24 heavy (non-hydrogen) atoms. The van der Waals surface area contributed by atoms with Crippen molar-refractivity contribution >= 4 is 11.7 Å². The zero-order valence-electron chi connectivity index (χ0n) is 14.4. The van der Waals surface area contributed by atoms with Gasteiger partial charge in [0.05, 0.1) is 5.56 Å². The highest BCUT2D eigenvalue weighted by atomic mass is 16.5. The van der Waals surface area contributed by atoms with Crippen LogP contribution < -0.4 is 10.2 Å². The Morgan fingerprint density at radius 3 is 2.62 bits per heavy atom. The molecular weight excluding hydrogens is 302 g/mol. The van der Waals surface area contributed by atoms with Gasteiger partial charge in [0.1, 0.15) is 5.82 Å². The minimum Gasteiger partial charge on any atom is -0.385 e. The first-order valence-corrected chi connectivity index (χ1v) is 8.26. The minimum absolute atomic E-state index is 0.101. The molecule has 0 fully saturated rings. The quantitative estimate of drug-likeness (QED) is 0.720. The van der Waals surface area contributed by atoms with Gasteiger partial charge in [0.15, 0.2) is 0 Å². The van der Waals surface area contributed by atoms with Crippen molar-refractivity contribution in [1.82, 2.24) is 10.3 Å². The molecule has 0 aliphatic heterocycles. The van der Waals surface area contributed by atoms with E-state index in [-0.39, 0.29) is 5.91 Å². The molecule has 0 atom stereocenters. The molecule has 1 aromatic heterocycles. The maximum absolute atomic E-state index is 12.0. The summed E-state index contributed by atoms with van der Waals surface area (Å²) in [6.07, 6.45) is 2.43. The summed E-state index contributed by atoms with van der Waals surface area (Å²) in [6.45, 7) is 4.99. The minimum atomic E-state index is -0.101. The average molecular weight is 327 g/mol. The van der Waals surface area contributed by atoms with Gasteiger partial charge in [-0.3, -0.25) is 4.79 Å². The van der Waals surface area contributed by atoms with Gasteiger partial charge in [0.25, 0.3) is 5.91 Å². The normalized spacial score (nSPS) is 10.4. The van der Waals surface area contributed by atoms with Gasteiger partial charge in [-0.05, 0) is 31.0 Å². The fourth-order valence-electron chi connectivity index (χ4n) is 2.39. The Hall–Kier alpha value is -2.40. The summed E-state index contributed by atoms with van der Waals surface area (Å²) >= 11 is 0. The predicted molar refractivity (Wildman–Crippen MR) is 96.2 cm³/mol. The Labute approximate surface area is 143 Å². The molecule has 1 N–H and O–H groups in total. The molecule has 0 saturated heterocycles. The van der Waals surface area contributed by atoms with Gasteiger partial charge >= 0.3 is 0 Å². The van der Waals surface area contributed by atoms with Crippen LogP contribution in [0, 0.1) is 0 Å². The number of pyridine rings is 1. The molecule has 0 aliphatic rings. The van der Waals surface area contributed by atoms with E-state index in [1.807, 2.05) is 30.3 Å². The van der Waals surface area contributed by atoms with Gasteiger partial charge in [-0.2, -0.15) is 0 Å². The molecule has 1 heterocycles. The number of anilines is 1. The van der Waals surface area contributed by atoms with E-state index in [4.69, 9.17) is 4.74 Å². The van der Waals surface area contributed by atoms with E-state index in [1.165, 1.54) is 5.56 Å². The highest BCUT2D eigenvalue weighted by Crippen LogP contribution is 2.15. The lowest BCUT2D eigenvalue weighted by molar-refractivity contribution is 0.0948. The maximum Gasteiger partial charge on any atom is 0.252 e. The number of hydrogen-bond donors (Lipinski definition) is 1. The van der Waals surface area contributed by atoms with Crippen molar-refractivity contribution < 1.29 is 9.53 Å². The van der Waals surface area contributed by atoms with Gasteiger partial charge < -0.3 is 15.0 Å². The molecule has 1 aromatic carbocycles. The third kappa shape index (κ3) is 5.35. The number of methoxy groups -OCH3 is 1. The van der Waals surface area contributed by atoms with Crippen molar-refractivity contribution in [1.29, 1.82) is 0 Å². The Kier molecular flexibility index (Phi) is 7.23. The van der Waals surface area contributed by atoms with Gasteiger partial charge in [-0.1, -0.05) is 30.3 Å². The summed E-state index contributed by atoms with van der Waals surface area (Å²) in [7, 11) is 1.65. The van der Waals surface area contributed by atoms with E-state index < -0.39 is 0 Å². The fraction of sp³-hybridized carbons (Fsp3) is 0.368. The fourth-order valence-corrected chi connectivity index (χ4v) is 2.39. The number of hydrogen-bond acceptors (Lipinski definition) is 4. The van der Waals surface area contributed by atoms with Gasteiger partial charge in [-0.25, -0.2) is 4.98 Å². The SMILES string of the molecule is CCN(Cc1ccccc1)c1ccc(C(=O)NCCCOC)cn1. The molecule has 0 saturated carbocycles. The first-order chi connectivity index (χ1) is 11.7. The largest absolute Gasteiger partial charge is 0.385 e. The van der Waals surface area contributed by atoms with Crippen molar-refractivity contribution in [2.75, 3.05) is 31.7 Å². The van der Waals surface area contributed by atoms with Crippen LogP contribution in [-0.4, -0.2) is 37.7 Å². The summed E-state index contributed by atoms with van der Waals surface area (Å²) < 4.78 is 4.96. The lowest BCUT2D eigenvalue weighted by Crippen LogP contribution is -2.26. The maximum atomic E-state index is 12.0. The number of carbonyl (C=O) groups excluding carboxylic acids is 1. The summed E-state index contributed by atoms with van der Waals surface area (Å²) in [5, 5.41) is 2.86. The molecule has 2 rings (SSSR count). The summed E-state index contributed by atoms with van der Waals surface area (Å²) in [5.41, 5.74) is 1.81. The third-order valence-electron chi connectivity index (χ3n) is 3.74. The average Bonchev–Trinajstić information content (AvgIpc) is 2.64. The lowest BCUT2D eigenvalue weighted by atomic mass is 10.2. The van der Waals surface area contributed by atoms with Crippen molar-refractivity contribution in [3.05, 3.63) is 59.8 Å². The van der Waals surface area contributed by atoms with Crippen LogP contribution in [-0.2, 0) is 11.3 Å².